The Kier molecular flexibility index (Phi) is 7.94. The minimum atomic E-state index is -0.121. The minimum absolute atomic E-state index is 0.121. The summed E-state index contributed by atoms with van der Waals surface area (Å²) in [5.41, 5.74) is 2.40. The average Bonchev–Trinajstić information content (AvgIpc) is 3.12. The normalized spacial score (nSPS) is 13.4. The molecule has 0 fully saturated rings. The van der Waals surface area contributed by atoms with Crippen molar-refractivity contribution in [2.75, 3.05) is 20.6 Å². The van der Waals surface area contributed by atoms with Gasteiger partial charge in [0.1, 0.15) is 5.75 Å². The Balaban J connectivity index is 1.83. The number of nitrogens with one attached hydrogen (secondary N) is 2. The van der Waals surface area contributed by atoms with Gasteiger partial charge in [-0.2, -0.15) is 11.3 Å². The second kappa shape index (κ2) is 10.2. The maximum absolute atomic E-state index is 12.3. The largest absolute Gasteiger partial charge is 0.508 e. The van der Waals surface area contributed by atoms with E-state index in [9.17, 15) is 9.90 Å². The van der Waals surface area contributed by atoms with Crippen molar-refractivity contribution in [1.82, 2.24) is 15.5 Å². The first-order valence-corrected chi connectivity index (χ1v) is 9.92. The van der Waals surface area contributed by atoms with Crippen LogP contribution in [-0.2, 0) is 12.8 Å². The van der Waals surface area contributed by atoms with Gasteiger partial charge >= 0.3 is 6.03 Å². The molecule has 2 atom stereocenters. The third-order valence-corrected chi connectivity index (χ3v) is 5.26. The number of hydrogen-bond donors (Lipinski definition) is 3. The quantitative estimate of drug-likeness (QED) is 0.630. The van der Waals surface area contributed by atoms with E-state index >= 15 is 0 Å². The van der Waals surface area contributed by atoms with E-state index in [0.29, 0.717) is 6.54 Å². The van der Waals surface area contributed by atoms with Crippen molar-refractivity contribution in [2.45, 2.75) is 38.3 Å². The second-order valence-electron chi connectivity index (χ2n) is 6.78. The van der Waals surface area contributed by atoms with Gasteiger partial charge in [-0.05, 0) is 73.4 Å². The molecule has 26 heavy (non-hydrogen) atoms. The van der Waals surface area contributed by atoms with E-state index in [1.807, 2.05) is 26.2 Å². The van der Waals surface area contributed by atoms with Gasteiger partial charge < -0.3 is 20.6 Å². The van der Waals surface area contributed by atoms with E-state index in [1.54, 1.807) is 23.5 Å². The van der Waals surface area contributed by atoms with Crippen LogP contribution in [0.5, 0.6) is 5.75 Å². The fraction of sp³-hybridized carbons (Fsp3) is 0.450. The summed E-state index contributed by atoms with van der Waals surface area (Å²) in [5.74, 6) is 0.267. The monoisotopic (exact) mass is 375 g/mol. The molecule has 3 N–H and O–H groups in total. The zero-order valence-corrected chi connectivity index (χ0v) is 16.6. The van der Waals surface area contributed by atoms with E-state index < -0.39 is 0 Å². The van der Waals surface area contributed by atoms with Crippen LogP contribution in [-0.4, -0.2) is 48.8 Å². The van der Waals surface area contributed by atoms with Crippen LogP contribution in [0.25, 0.3) is 0 Å². The van der Waals surface area contributed by atoms with Crippen LogP contribution in [0.3, 0.4) is 0 Å². The number of phenolic OH excluding ortho intramolecular Hbond substituents is 1. The first-order chi connectivity index (χ1) is 12.5. The predicted molar refractivity (Wildman–Crippen MR) is 108 cm³/mol. The van der Waals surface area contributed by atoms with Crippen LogP contribution >= 0.6 is 11.3 Å². The molecule has 0 aliphatic carbocycles. The molecule has 0 bridgehead atoms. The van der Waals surface area contributed by atoms with Gasteiger partial charge in [-0.25, -0.2) is 4.79 Å². The third-order valence-electron chi connectivity index (χ3n) is 4.53. The molecule has 142 valence electrons. The van der Waals surface area contributed by atoms with Gasteiger partial charge in [0.2, 0.25) is 0 Å². The molecule has 0 aliphatic heterocycles. The molecule has 0 spiro atoms. The van der Waals surface area contributed by atoms with Gasteiger partial charge in [-0.1, -0.05) is 19.1 Å². The molecule has 1 aromatic carbocycles. The lowest BCUT2D eigenvalue weighted by atomic mass is 10.0. The fourth-order valence-electron chi connectivity index (χ4n) is 2.78. The lowest BCUT2D eigenvalue weighted by Gasteiger charge is -2.25. The summed E-state index contributed by atoms with van der Waals surface area (Å²) >= 11 is 1.68. The molecule has 5 nitrogen and oxygen atoms in total. The summed E-state index contributed by atoms with van der Waals surface area (Å²) in [5, 5.41) is 19.7. The van der Waals surface area contributed by atoms with Crippen molar-refractivity contribution in [3.63, 3.8) is 0 Å². The van der Waals surface area contributed by atoms with Gasteiger partial charge in [0.05, 0.1) is 0 Å². The maximum atomic E-state index is 12.3. The first-order valence-electron chi connectivity index (χ1n) is 8.97. The zero-order valence-electron chi connectivity index (χ0n) is 15.7. The number of hydrogen-bond acceptors (Lipinski definition) is 4. The molecule has 0 saturated carbocycles. The Labute approximate surface area is 160 Å². The van der Waals surface area contributed by atoms with E-state index in [2.05, 4.69) is 39.3 Å². The van der Waals surface area contributed by atoms with Crippen LogP contribution in [0.4, 0.5) is 4.79 Å². The number of rotatable bonds is 9. The van der Waals surface area contributed by atoms with Gasteiger partial charge in [-0.15, -0.1) is 0 Å². The highest BCUT2D eigenvalue weighted by atomic mass is 32.1. The highest BCUT2D eigenvalue weighted by Gasteiger charge is 2.16. The Morgan fingerprint density at radius 1 is 1.15 bits per heavy atom. The predicted octanol–water partition coefficient (Wildman–Crippen LogP) is 3.25. The molecule has 2 aromatic rings. The van der Waals surface area contributed by atoms with E-state index in [-0.39, 0.29) is 23.9 Å². The number of nitrogens with zero attached hydrogens (tertiary/aromatic N) is 1. The Hall–Kier alpha value is -2.05. The first kappa shape index (κ1) is 20.3. The Morgan fingerprint density at radius 3 is 2.46 bits per heavy atom. The highest BCUT2D eigenvalue weighted by molar-refractivity contribution is 7.07. The number of phenols is 1. The third kappa shape index (κ3) is 6.69. The van der Waals surface area contributed by atoms with E-state index in [1.165, 1.54) is 5.56 Å². The number of benzene rings is 1. The summed E-state index contributed by atoms with van der Waals surface area (Å²) in [6.45, 7) is 2.65. The number of thiophene rings is 1. The molecular weight excluding hydrogens is 346 g/mol. The molecule has 0 radical (unpaired) electrons. The minimum Gasteiger partial charge on any atom is -0.508 e. The van der Waals surface area contributed by atoms with Crippen LogP contribution in [0, 0.1) is 0 Å². The van der Waals surface area contributed by atoms with Gasteiger partial charge in [0.25, 0.3) is 0 Å². The summed E-state index contributed by atoms with van der Waals surface area (Å²) in [7, 11) is 4.02. The van der Waals surface area contributed by atoms with Gasteiger partial charge in [0, 0.05) is 18.6 Å². The summed E-state index contributed by atoms with van der Waals surface area (Å²) in [6.07, 6.45) is 2.56. The molecule has 0 saturated heterocycles. The molecule has 0 aliphatic rings. The smallest absolute Gasteiger partial charge is 0.315 e. The van der Waals surface area contributed by atoms with Crippen LogP contribution in [0.1, 0.15) is 24.5 Å². The second-order valence-corrected chi connectivity index (χ2v) is 7.56. The molecule has 2 unspecified atom stereocenters. The van der Waals surface area contributed by atoms with E-state index in [0.717, 1.165) is 24.8 Å². The Bertz CT molecular complexity index is 656. The van der Waals surface area contributed by atoms with Crippen molar-refractivity contribution >= 4 is 17.4 Å². The van der Waals surface area contributed by atoms with Crippen molar-refractivity contribution < 1.29 is 9.90 Å². The van der Waals surface area contributed by atoms with Crippen LogP contribution < -0.4 is 10.6 Å². The molecule has 1 heterocycles. The molecule has 2 amide bonds. The summed E-state index contributed by atoms with van der Waals surface area (Å²) < 4.78 is 0. The number of aromatic hydroxyl groups is 1. The SMILES string of the molecule is CCC(Cc1ccsc1)NC(=O)NCC(Cc1ccc(O)cc1)N(C)C. The van der Waals surface area contributed by atoms with Gasteiger partial charge in [0.15, 0.2) is 0 Å². The van der Waals surface area contributed by atoms with Crippen molar-refractivity contribution in [1.29, 1.82) is 0 Å². The molecular formula is C20H29N3O2S. The summed E-state index contributed by atoms with van der Waals surface area (Å²) in [6, 6.07) is 9.52. The number of amides is 2. The number of carbonyl (C=O) groups excluding carboxylic acids is 1. The van der Waals surface area contributed by atoms with Crippen molar-refractivity contribution in [3.8, 4) is 5.75 Å². The highest BCUT2D eigenvalue weighted by Crippen LogP contribution is 2.13. The lowest BCUT2D eigenvalue weighted by Crippen LogP contribution is -2.48. The van der Waals surface area contributed by atoms with Crippen LogP contribution in [0.2, 0.25) is 0 Å². The topological polar surface area (TPSA) is 64.6 Å². The maximum Gasteiger partial charge on any atom is 0.315 e. The van der Waals surface area contributed by atoms with Crippen molar-refractivity contribution in [3.05, 3.63) is 52.2 Å². The lowest BCUT2D eigenvalue weighted by molar-refractivity contribution is 0.228. The average molecular weight is 376 g/mol. The molecule has 2 rings (SSSR count). The fourth-order valence-corrected chi connectivity index (χ4v) is 3.46. The number of carbonyl (C=O) groups is 1. The number of urea groups is 1. The zero-order chi connectivity index (χ0) is 18.9. The van der Waals surface area contributed by atoms with Crippen molar-refractivity contribution in [2.24, 2.45) is 0 Å². The summed E-state index contributed by atoms with van der Waals surface area (Å²) in [4.78, 5) is 14.4. The molecule has 6 heteroatoms. The Morgan fingerprint density at radius 2 is 1.88 bits per heavy atom. The molecule has 1 aromatic heterocycles. The standard InChI is InChI=1S/C20H29N3O2S/c1-4-17(11-16-9-10-26-14-16)22-20(25)21-13-18(23(2)3)12-15-5-7-19(24)8-6-15/h5-10,14,17-18,24H,4,11-13H2,1-3H3,(H2,21,22,25). The van der Waals surface area contributed by atoms with E-state index in [4.69, 9.17) is 0 Å². The van der Waals surface area contributed by atoms with Crippen LogP contribution in [0.15, 0.2) is 41.1 Å². The number of likely N-dealkylation sites (N-methyl/N-ethyl adjacent to an activating group) is 1. The van der Waals surface area contributed by atoms with Gasteiger partial charge in [-0.3, -0.25) is 0 Å².